The summed E-state index contributed by atoms with van der Waals surface area (Å²) in [7, 11) is 0. The summed E-state index contributed by atoms with van der Waals surface area (Å²) in [5, 5.41) is 0.659. The first-order chi connectivity index (χ1) is 9.93. The molecule has 0 aliphatic rings. The van der Waals surface area contributed by atoms with Crippen LogP contribution in [0.5, 0.6) is 0 Å². The number of Topliss-reactive ketones (excluding diaryl/α,β-unsaturated/α-hetero) is 1. The van der Waals surface area contributed by atoms with Crippen LogP contribution in [0.25, 0.3) is 10.6 Å². The molecule has 0 atom stereocenters. The highest BCUT2D eigenvalue weighted by atomic mass is 32.1. The number of rotatable bonds is 4. The van der Waals surface area contributed by atoms with Crippen LogP contribution in [-0.4, -0.2) is 23.3 Å². The Bertz CT molecular complexity index is 704. The Kier molecular flexibility index (Phi) is 4.53. The molecule has 21 heavy (non-hydrogen) atoms. The van der Waals surface area contributed by atoms with Crippen LogP contribution >= 0.6 is 11.3 Å². The first kappa shape index (κ1) is 15.4. The molecule has 0 fully saturated rings. The van der Waals surface area contributed by atoms with Gasteiger partial charge in [0, 0.05) is 12.5 Å². The molecule has 0 bridgehead atoms. The molecule has 0 unspecified atom stereocenters. The van der Waals surface area contributed by atoms with Crippen LogP contribution in [0.4, 0.5) is 0 Å². The van der Waals surface area contributed by atoms with E-state index in [-0.39, 0.29) is 18.1 Å². The van der Waals surface area contributed by atoms with E-state index >= 15 is 0 Å². The molecule has 0 spiro atoms. The number of ether oxygens (including phenoxy) is 1. The highest BCUT2D eigenvalue weighted by molar-refractivity contribution is 7.17. The number of nitrogens with zero attached hydrogens (tertiary/aromatic N) is 1. The highest BCUT2D eigenvalue weighted by Crippen LogP contribution is 2.30. The Morgan fingerprint density at radius 3 is 2.52 bits per heavy atom. The van der Waals surface area contributed by atoms with Crippen molar-refractivity contribution < 1.29 is 14.3 Å². The quantitative estimate of drug-likeness (QED) is 0.636. The van der Waals surface area contributed by atoms with Gasteiger partial charge in [-0.3, -0.25) is 4.79 Å². The molecule has 0 aliphatic carbocycles. The van der Waals surface area contributed by atoms with Crippen LogP contribution in [0.15, 0.2) is 18.2 Å². The summed E-state index contributed by atoms with van der Waals surface area (Å²) in [5.74, 6) is -0.723. The Morgan fingerprint density at radius 1 is 1.24 bits per heavy atom. The maximum atomic E-state index is 11.9. The average molecular weight is 303 g/mol. The Hall–Kier alpha value is -2.01. The Morgan fingerprint density at radius 2 is 1.95 bits per heavy atom. The summed E-state index contributed by atoms with van der Waals surface area (Å²) in [4.78, 5) is 28.3. The monoisotopic (exact) mass is 303 g/mol. The van der Waals surface area contributed by atoms with Gasteiger partial charge in [-0.25, -0.2) is 9.78 Å². The van der Waals surface area contributed by atoms with Gasteiger partial charge in [0.15, 0.2) is 11.5 Å². The van der Waals surface area contributed by atoms with Crippen molar-refractivity contribution in [2.75, 3.05) is 6.61 Å². The van der Waals surface area contributed by atoms with E-state index < -0.39 is 5.97 Å². The minimum absolute atomic E-state index is 0.113. The number of esters is 1. The van der Waals surface area contributed by atoms with Gasteiger partial charge in [-0.15, -0.1) is 11.3 Å². The number of carbonyl (C=O) groups is 2. The molecule has 2 aromatic rings. The summed E-state index contributed by atoms with van der Waals surface area (Å²) in [6.07, 6.45) is 0. The Labute approximate surface area is 127 Å². The van der Waals surface area contributed by atoms with E-state index in [0.717, 1.165) is 11.1 Å². The van der Waals surface area contributed by atoms with Crippen molar-refractivity contribution in [3.63, 3.8) is 0 Å². The zero-order valence-corrected chi connectivity index (χ0v) is 13.3. The predicted molar refractivity (Wildman–Crippen MR) is 83.0 cm³/mol. The van der Waals surface area contributed by atoms with Crippen molar-refractivity contribution in [2.24, 2.45) is 0 Å². The minimum Gasteiger partial charge on any atom is -0.461 e. The number of hydrogen-bond acceptors (Lipinski definition) is 5. The smallest absolute Gasteiger partial charge is 0.358 e. The molecule has 0 amide bonds. The lowest BCUT2D eigenvalue weighted by Gasteiger charge is -2.02. The summed E-state index contributed by atoms with van der Waals surface area (Å²) >= 11 is 1.23. The number of carbonyl (C=O) groups excluding carboxylic acids is 2. The SMILES string of the molecule is CCOC(=O)c1nc(-c2ccc(C)c(C)c2)sc1C(C)=O. The predicted octanol–water partition coefficient (Wildman–Crippen LogP) is 3.81. The number of hydrogen-bond donors (Lipinski definition) is 0. The number of thiazole rings is 1. The van der Waals surface area contributed by atoms with Gasteiger partial charge in [0.1, 0.15) is 9.88 Å². The highest BCUT2D eigenvalue weighted by Gasteiger charge is 2.22. The summed E-state index contributed by atoms with van der Waals surface area (Å²) in [6.45, 7) is 7.46. The fraction of sp³-hybridized carbons (Fsp3) is 0.312. The van der Waals surface area contributed by atoms with Gasteiger partial charge in [0.05, 0.1) is 6.61 Å². The topological polar surface area (TPSA) is 56.3 Å². The molecule has 4 nitrogen and oxygen atoms in total. The second-order valence-corrected chi connectivity index (χ2v) is 5.77. The lowest BCUT2D eigenvalue weighted by molar-refractivity contribution is 0.0517. The molecule has 0 radical (unpaired) electrons. The molecule has 1 aromatic carbocycles. The van der Waals surface area contributed by atoms with Gasteiger partial charge in [-0.05, 0) is 38.0 Å². The number of aryl methyl sites for hydroxylation is 2. The van der Waals surface area contributed by atoms with Crippen molar-refractivity contribution in [3.05, 3.63) is 39.9 Å². The first-order valence-electron chi connectivity index (χ1n) is 6.70. The zero-order chi connectivity index (χ0) is 15.6. The molecule has 0 saturated heterocycles. The van der Waals surface area contributed by atoms with Crippen molar-refractivity contribution in [1.29, 1.82) is 0 Å². The number of ketones is 1. The van der Waals surface area contributed by atoms with E-state index in [1.807, 2.05) is 32.0 Å². The average Bonchev–Trinajstić information content (AvgIpc) is 2.87. The molecule has 0 aliphatic heterocycles. The van der Waals surface area contributed by atoms with Gasteiger partial charge in [0.25, 0.3) is 0 Å². The molecular formula is C16H17NO3S. The van der Waals surface area contributed by atoms with Crippen LogP contribution in [-0.2, 0) is 4.74 Å². The van der Waals surface area contributed by atoms with Gasteiger partial charge >= 0.3 is 5.97 Å². The molecule has 1 heterocycles. The maximum Gasteiger partial charge on any atom is 0.358 e. The van der Waals surface area contributed by atoms with E-state index in [0.29, 0.717) is 9.88 Å². The van der Waals surface area contributed by atoms with Crippen molar-refractivity contribution in [3.8, 4) is 10.6 Å². The van der Waals surface area contributed by atoms with Gasteiger partial charge < -0.3 is 4.74 Å². The number of benzene rings is 1. The third-order valence-corrected chi connectivity index (χ3v) is 4.37. The van der Waals surface area contributed by atoms with Crippen LogP contribution < -0.4 is 0 Å². The molecule has 1 aromatic heterocycles. The van der Waals surface area contributed by atoms with Crippen LogP contribution in [0.1, 0.15) is 45.1 Å². The molecular weight excluding hydrogens is 286 g/mol. The second kappa shape index (κ2) is 6.18. The maximum absolute atomic E-state index is 11.9. The van der Waals surface area contributed by atoms with Crippen LogP contribution in [0, 0.1) is 13.8 Å². The van der Waals surface area contributed by atoms with E-state index in [4.69, 9.17) is 4.74 Å². The third kappa shape index (κ3) is 3.19. The summed E-state index contributed by atoms with van der Waals surface area (Å²) in [5.41, 5.74) is 3.35. The lowest BCUT2D eigenvalue weighted by Crippen LogP contribution is -2.09. The van der Waals surface area contributed by atoms with E-state index in [1.54, 1.807) is 6.92 Å². The van der Waals surface area contributed by atoms with Crippen molar-refractivity contribution in [2.45, 2.75) is 27.7 Å². The van der Waals surface area contributed by atoms with Crippen molar-refractivity contribution in [1.82, 2.24) is 4.98 Å². The standard InChI is InChI=1S/C16H17NO3S/c1-5-20-16(19)13-14(11(4)18)21-15(17-13)12-7-6-9(2)10(3)8-12/h6-8H,5H2,1-4H3. The fourth-order valence-corrected chi connectivity index (χ4v) is 2.84. The zero-order valence-electron chi connectivity index (χ0n) is 12.5. The number of aromatic nitrogens is 1. The second-order valence-electron chi connectivity index (χ2n) is 4.77. The first-order valence-corrected chi connectivity index (χ1v) is 7.52. The molecule has 2 rings (SSSR count). The normalized spacial score (nSPS) is 10.5. The lowest BCUT2D eigenvalue weighted by atomic mass is 10.1. The summed E-state index contributed by atoms with van der Waals surface area (Å²) in [6, 6.07) is 5.95. The van der Waals surface area contributed by atoms with E-state index in [9.17, 15) is 9.59 Å². The van der Waals surface area contributed by atoms with Crippen LogP contribution in [0.2, 0.25) is 0 Å². The van der Waals surface area contributed by atoms with Gasteiger partial charge in [-0.2, -0.15) is 0 Å². The van der Waals surface area contributed by atoms with Crippen LogP contribution in [0.3, 0.4) is 0 Å². The van der Waals surface area contributed by atoms with Crippen molar-refractivity contribution >= 4 is 23.1 Å². The fourth-order valence-electron chi connectivity index (χ4n) is 1.89. The largest absolute Gasteiger partial charge is 0.461 e. The molecule has 0 N–H and O–H groups in total. The third-order valence-electron chi connectivity index (χ3n) is 3.17. The molecule has 5 heteroatoms. The molecule has 110 valence electrons. The van der Waals surface area contributed by atoms with Gasteiger partial charge in [0.2, 0.25) is 0 Å². The summed E-state index contributed by atoms with van der Waals surface area (Å²) < 4.78 is 4.96. The van der Waals surface area contributed by atoms with Gasteiger partial charge in [-0.1, -0.05) is 12.1 Å². The Balaban J connectivity index is 2.50. The molecule has 0 saturated carbocycles. The van der Waals surface area contributed by atoms with E-state index in [2.05, 4.69) is 4.98 Å². The van der Waals surface area contributed by atoms with E-state index in [1.165, 1.54) is 23.8 Å². The minimum atomic E-state index is -0.547.